The summed E-state index contributed by atoms with van der Waals surface area (Å²) in [5, 5.41) is 8.02. The van der Waals surface area contributed by atoms with E-state index >= 15 is 0 Å². The number of carbonyl (C=O) groups excluding carboxylic acids is 2. The second kappa shape index (κ2) is 9.75. The molecule has 3 N–H and O–H groups in total. The van der Waals surface area contributed by atoms with Gasteiger partial charge in [0.15, 0.2) is 11.0 Å². The fourth-order valence-corrected chi connectivity index (χ4v) is 5.09. The zero-order valence-corrected chi connectivity index (χ0v) is 19.8. The van der Waals surface area contributed by atoms with Crippen LogP contribution < -0.4 is 16.6 Å². The van der Waals surface area contributed by atoms with Crippen LogP contribution in [0.5, 0.6) is 0 Å². The Balaban J connectivity index is 1.43. The lowest BCUT2D eigenvalue weighted by Crippen LogP contribution is -2.20. The van der Waals surface area contributed by atoms with E-state index in [-0.39, 0.29) is 17.2 Å². The van der Waals surface area contributed by atoms with Crippen molar-refractivity contribution in [3.05, 3.63) is 76.2 Å². The van der Waals surface area contributed by atoms with E-state index in [0.29, 0.717) is 33.5 Å². The van der Waals surface area contributed by atoms with E-state index in [2.05, 4.69) is 15.0 Å². The molecule has 2 aromatic carbocycles. The Morgan fingerprint density at radius 3 is 2.54 bits per heavy atom. The first-order valence-corrected chi connectivity index (χ1v) is 12.4. The molecule has 0 saturated heterocycles. The fraction of sp³-hybridized carbons (Fsp3) is 0.240. The molecule has 3 aliphatic rings. The van der Waals surface area contributed by atoms with Gasteiger partial charge in [0.25, 0.3) is 5.56 Å². The molecule has 0 atom stereocenters. The molecular weight excluding hydrogens is 464 g/mol. The van der Waals surface area contributed by atoms with Gasteiger partial charge in [-0.1, -0.05) is 36.4 Å². The third-order valence-electron chi connectivity index (χ3n) is 5.95. The molecule has 0 spiro atoms. The van der Waals surface area contributed by atoms with Crippen LogP contribution in [0.1, 0.15) is 35.3 Å². The van der Waals surface area contributed by atoms with Crippen molar-refractivity contribution in [3.63, 3.8) is 0 Å². The first-order chi connectivity index (χ1) is 17.0. The monoisotopic (exact) mass is 488 g/mol. The average molecular weight is 489 g/mol. The molecule has 3 heterocycles. The molecule has 10 heteroatoms. The highest BCUT2D eigenvalue weighted by molar-refractivity contribution is 7.99. The molecule has 2 amide bonds. The summed E-state index contributed by atoms with van der Waals surface area (Å²) in [7, 11) is 0. The summed E-state index contributed by atoms with van der Waals surface area (Å²) < 4.78 is 3.48. The third kappa shape index (κ3) is 4.69. The van der Waals surface area contributed by atoms with Gasteiger partial charge in [-0.25, -0.2) is 4.98 Å². The number of para-hydroxylation sites is 1. The Morgan fingerprint density at radius 1 is 1.03 bits per heavy atom. The number of anilines is 1. The van der Waals surface area contributed by atoms with E-state index in [1.165, 1.54) is 16.4 Å². The zero-order chi connectivity index (χ0) is 24.4. The number of nitrogens with two attached hydrogens (primary N) is 1. The van der Waals surface area contributed by atoms with Crippen molar-refractivity contribution in [2.45, 2.75) is 37.4 Å². The van der Waals surface area contributed by atoms with Crippen molar-refractivity contribution in [1.82, 2.24) is 19.3 Å². The maximum absolute atomic E-state index is 13.3. The summed E-state index contributed by atoms with van der Waals surface area (Å²) in [4.78, 5) is 41.9. The smallest absolute Gasteiger partial charge is 0.284 e. The Kier molecular flexibility index (Phi) is 6.37. The van der Waals surface area contributed by atoms with E-state index in [1.807, 2.05) is 30.3 Å². The highest BCUT2D eigenvalue weighted by Crippen LogP contribution is 2.30. The number of hydrogen-bond acceptors (Lipinski definition) is 6. The number of hydrogen-bond donors (Lipinski definition) is 2. The Morgan fingerprint density at radius 2 is 1.80 bits per heavy atom. The molecule has 35 heavy (non-hydrogen) atoms. The van der Waals surface area contributed by atoms with Gasteiger partial charge in [-0.2, -0.15) is 4.68 Å². The second-order valence-electron chi connectivity index (χ2n) is 8.33. The number of nitrogens with one attached hydrogen (secondary N) is 1. The number of fused-ring (bicyclic) bond motifs is 3. The predicted molar refractivity (Wildman–Crippen MR) is 134 cm³/mol. The molecule has 9 nitrogen and oxygen atoms in total. The molecule has 2 aromatic rings. The average Bonchev–Trinajstić information content (AvgIpc) is 3.03. The van der Waals surface area contributed by atoms with Crippen LogP contribution in [0.2, 0.25) is 0 Å². The minimum Gasteiger partial charge on any atom is -0.366 e. The summed E-state index contributed by atoms with van der Waals surface area (Å²) >= 11 is 1.32. The normalized spacial score (nSPS) is 13.3. The van der Waals surface area contributed by atoms with Crippen LogP contribution in [0.15, 0.2) is 64.5 Å². The maximum Gasteiger partial charge on any atom is 0.284 e. The largest absolute Gasteiger partial charge is 0.366 e. The van der Waals surface area contributed by atoms with E-state index in [0.717, 1.165) is 37.9 Å². The SMILES string of the molecule is NC(=O)c1ccc(NC(=O)CSc2nc3nn(-c4ccccc4)c(=O)c-3c3n2CCCCC3)cc1. The summed E-state index contributed by atoms with van der Waals surface area (Å²) in [5.41, 5.74) is 8.23. The van der Waals surface area contributed by atoms with E-state index in [1.54, 1.807) is 24.3 Å². The van der Waals surface area contributed by atoms with Crippen LogP contribution in [0, 0.1) is 0 Å². The van der Waals surface area contributed by atoms with Crippen LogP contribution in [-0.4, -0.2) is 36.9 Å². The van der Waals surface area contributed by atoms with Gasteiger partial charge < -0.3 is 15.6 Å². The number of thioether (sulfide) groups is 1. The molecule has 178 valence electrons. The summed E-state index contributed by atoms with van der Waals surface area (Å²) in [6.07, 6.45) is 3.80. The van der Waals surface area contributed by atoms with Gasteiger partial charge >= 0.3 is 0 Å². The Bertz CT molecular complexity index is 1410. The van der Waals surface area contributed by atoms with Crippen molar-refractivity contribution in [2.75, 3.05) is 11.1 Å². The minimum absolute atomic E-state index is 0.138. The number of nitrogens with zero attached hydrogens (tertiary/aromatic N) is 4. The molecule has 0 bridgehead atoms. The molecule has 5 rings (SSSR count). The predicted octanol–water partition coefficient (Wildman–Crippen LogP) is 3.09. The summed E-state index contributed by atoms with van der Waals surface area (Å²) in [5.74, 6) is -0.185. The molecule has 0 aromatic heterocycles. The molecule has 0 unspecified atom stereocenters. The first-order valence-electron chi connectivity index (χ1n) is 11.4. The van der Waals surface area contributed by atoms with E-state index < -0.39 is 5.91 Å². The number of aromatic nitrogens is 4. The topological polar surface area (TPSA) is 125 Å². The van der Waals surface area contributed by atoms with Crippen LogP contribution in [0.4, 0.5) is 5.69 Å². The number of benzene rings is 2. The van der Waals surface area contributed by atoms with Crippen molar-refractivity contribution in [1.29, 1.82) is 0 Å². The lowest BCUT2D eigenvalue weighted by atomic mass is 10.1. The molecular formula is C25H24N6O3S. The van der Waals surface area contributed by atoms with Gasteiger partial charge in [0.05, 0.1) is 11.4 Å². The van der Waals surface area contributed by atoms with Crippen molar-refractivity contribution in [3.8, 4) is 17.1 Å². The second-order valence-corrected chi connectivity index (χ2v) is 9.28. The minimum atomic E-state index is -0.520. The third-order valence-corrected chi connectivity index (χ3v) is 6.93. The van der Waals surface area contributed by atoms with Crippen LogP contribution >= 0.6 is 11.8 Å². The van der Waals surface area contributed by atoms with E-state index in [4.69, 9.17) is 10.7 Å². The molecule has 0 saturated carbocycles. The summed E-state index contributed by atoms with van der Waals surface area (Å²) in [6, 6.07) is 15.7. The van der Waals surface area contributed by atoms with Gasteiger partial charge in [0, 0.05) is 23.5 Å². The van der Waals surface area contributed by atoms with E-state index in [9.17, 15) is 14.4 Å². The maximum atomic E-state index is 13.3. The lowest BCUT2D eigenvalue weighted by molar-refractivity contribution is -0.113. The Hall–Kier alpha value is -3.92. The molecule has 3 aliphatic heterocycles. The van der Waals surface area contributed by atoms with Gasteiger partial charge in [-0.3, -0.25) is 14.4 Å². The van der Waals surface area contributed by atoms with Crippen molar-refractivity contribution < 1.29 is 9.59 Å². The van der Waals surface area contributed by atoms with Crippen LogP contribution in [-0.2, 0) is 17.8 Å². The number of amides is 2. The van der Waals surface area contributed by atoms with Gasteiger partial charge in [0.1, 0.15) is 5.56 Å². The van der Waals surface area contributed by atoms with Crippen LogP contribution in [0.25, 0.3) is 17.1 Å². The fourth-order valence-electron chi connectivity index (χ4n) is 4.25. The molecule has 0 fully saturated rings. The van der Waals surface area contributed by atoms with Crippen LogP contribution in [0.3, 0.4) is 0 Å². The summed E-state index contributed by atoms with van der Waals surface area (Å²) in [6.45, 7) is 0.743. The molecule has 0 aliphatic carbocycles. The highest BCUT2D eigenvalue weighted by atomic mass is 32.2. The first kappa shape index (κ1) is 22.9. The zero-order valence-electron chi connectivity index (χ0n) is 18.9. The quantitative estimate of drug-likeness (QED) is 0.317. The molecule has 0 radical (unpaired) electrons. The highest BCUT2D eigenvalue weighted by Gasteiger charge is 2.27. The van der Waals surface area contributed by atoms with Crippen molar-refractivity contribution >= 4 is 29.3 Å². The van der Waals surface area contributed by atoms with Gasteiger partial charge in [-0.05, 0) is 55.7 Å². The number of rotatable bonds is 6. The lowest BCUT2D eigenvalue weighted by Gasteiger charge is -2.17. The standard InChI is InChI=1S/C25H24N6O3S/c26-22(33)16-10-12-17(13-11-16)27-20(32)15-35-25-28-23-21(19-9-5-2-6-14-30(19)25)24(34)31(29-23)18-7-3-1-4-8-18/h1,3-4,7-8,10-13H,2,5-6,9,14-15H2,(H2,26,33)(H,27,32). The van der Waals surface area contributed by atoms with Gasteiger partial charge in [0.2, 0.25) is 11.8 Å². The Labute approximate surface area is 205 Å². The van der Waals surface area contributed by atoms with Gasteiger partial charge in [-0.15, -0.1) is 5.10 Å². The number of primary amides is 1. The number of carbonyl (C=O) groups is 2. The van der Waals surface area contributed by atoms with Crippen molar-refractivity contribution in [2.24, 2.45) is 5.73 Å².